The number of anilines is 1. The first kappa shape index (κ1) is 19.3. The Labute approximate surface area is 166 Å². The van der Waals surface area contributed by atoms with Crippen LogP contribution in [-0.4, -0.2) is 26.1 Å². The van der Waals surface area contributed by atoms with E-state index in [0.29, 0.717) is 10.7 Å². The third-order valence-electron chi connectivity index (χ3n) is 4.93. The van der Waals surface area contributed by atoms with Crippen molar-refractivity contribution in [1.29, 1.82) is 0 Å². The van der Waals surface area contributed by atoms with Crippen LogP contribution < -0.4 is 21.2 Å². The molecular formula is C20H19N3O5S. The standard InChI is InChI=1S/C20H19N3O5S/c1-3-23(4-2)12-9-10-13-16(11-12)28-20(24)17(18(13)29(25,26)27)19-21-14-7-5-6-8-15(14)22-19/h5-11,19H,3-4H2,1-2H3,(H,25,26,27). The van der Waals surface area contributed by atoms with Crippen LogP contribution in [-0.2, 0) is 10.1 Å². The van der Waals surface area contributed by atoms with Crippen LogP contribution in [0.1, 0.15) is 25.6 Å². The Morgan fingerprint density at radius 2 is 1.69 bits per heavy atom. The number of hydrogen-bond donors (Lipinski definition) is 1. The molecule has 4 rings (SSSR count). The van der Waals surface area contributed by atoms with E-state index in [9.17, 15) is 17.8 Å². The molecule has 0 bridgehead atoms. The van der Waals surface area contributed by atoms with E-state index < -0.39 is 26.8 Å². The van der Waals surface area contributed by atoms with Crippen molar-refractivity contribution < 1.29 is 17.4 Å². The van der Waals surface area contributed by atoms with Gasteiger partial charge in [0, 0.05) is 30.2 Å². The van der Waals surface area contributed by atoms with E-state index in [1.807, 2.05) is 18.7 Å². The molecule has 29 heavy (non-hydrogen) atoms. The number of fused-ring (bicyclic) bond motifs is 2. The number of nitrogens with zero attached hydrogens (tertiary/aromatic N) is 3. The van der Waals surface area contributed by atoms with Gasteiger partial charge in [0.25, 0.3) is 10.1 Å². The molecule has 2 heterocycles. The second kappa shape index (κ2) is 7.09. The number of para-hydroxylation sites is 2. The summed E-state index contributed by atoms with van der Waals surface area (Å²) in [6.45, 7) is 5.43. The van der Waals surface area contributed by atoms with Crippen LogP contribution in [0.4, 0.5) is 5.69 Å². The normalized spacial score (nSPS) is 13.8. The second-order valence-corrected chi connectivity index (χ2v) is 7.94. The van der Waals surface area contributed by atoms with Crippen molar-refractivity contribution >= 4 is 26.8 Å². The van der Waals surface area contributed by atoms with Crippen LogP contribution in [0.5, 0.6) is 0 Å². The highest BCUT2D eigenvalue weighted by atomic mass is 32.2. The largest absolute Gasteiger partial charge is 0.422 e. The lowest BCUT2D eigenvalue weighted by Crippen LogP contribution is -2.22. The van der Waals surface area contributed by atoms with Crippen molar-refractivity contribution in [1.82, 2.24) is 0 Å². The average molecular weight is 413 g/mol. The van der Waals surface area contributed by atoms with Gasteiger partial charge in [0.1, 0.15) is 16.0 Å². The molecule has 9 heteroatoms. The zero-order chi connectivity index (χ0) is 20.8. The molecule has 3 aromatic rings. The SMILES string of the molecule is CCN(CC)c1ccc2c(S(=O)(=O)O)c(C3N=c4ccccc4=N3)c(=O)oc2c1. The molecule has 0 radical (unpaired) electrons. The summed E-state index contributed by atoms with van der Waals surface area (Å²) >= 11 is 0. The van der Waals surface area contributed by atoms with Gasteiger partial charge in [-0.05, 0) is 38.1 Å². The fraction of sp³-hybridized carbons (Fsp3) is 0.250. The number of hydrogen-bond acceptors (Lipinski definition) is 7. The Kier molecular flexibility index (Phi) is 4.71. The molecule has 1 aliphatic rings. The lowest BCUT2D eigenvalue weighted by atomic mass is 10.1. The van der Waals surface area contributed by atoms with E-state index in [1.54, 1.807) is 36.4 Å². The third kappa shape index (κ3) is 3.32. The van der Waals surface area contributed by atoms with Crippen molar-refractivity contribution in [2.75, 3.05) is 18.0 Å². The maximum absolute atomic E-state index is 12.8. The summed E-state index contributed by atoms with van der Waals surface area (Å²) in [6.07, 6.45) is -1.10. The lowest BCUT2D eigenvalue weighted by Gasteiger charge is -2.21. The van der Waals surface area contributed by atoms with Gasteiger partial charge in [0.15, 0.2) is 6.17 Å². The summed E-state index contributed by atoms with van der Waals surface area (Å²) in [5.41, 5.74) is -0.340. The van der Waals surface area contributed by atoms with Crippen molar-refractivity contribution in [2.24, 2.45) is 9.98 Å². The van der Waals surface area contributed by atoms with Gasteiger partial charge < -0.3 is 9.32 Å². The zero-order valence-electron chi connectivity index (χ0n) is 15.9. The molecule has 0 saturated heterocycles. The molecule has 150 valence electrons. The molecule has 0 aliphatic carbocycles. The predicted octanol–water partition coefficient (Wildman–Crippen LogP) is 1.84. The highest BCUT2D eigenvalue weighted by molar-refractivity contribution is 7.86. The van der Waals surface area contributed by atoms with E-state index in [4.69, 9.17) is 4.42 Å². The molecule has 8 nitrogen and oxygen atoms in total. The molecule has 1 aliphatic heterocycles. The van der Waals surface area contributed by atoms with Crippen LogP contribution in [0.3, 0.4) is 0 Å². The minimum absolute atomic E-state index is 0.0753. The van der Waals surface area contributed by atoms with Gasteiger partial charge in [0.05, 0.1) is 10.7 Å². The molecule has 1 N–H and O–H groups in total. The first-order chi connectivity index (χ1) is 13.8. The Balaban J connectivity index is 2.01. The van der Waals surface area contributed by atoms with Gasteiger partial charge in [-0.3, -0.25) is 14.5 Å². The van der Waals surface area contributed by atoms with E-state index in [0.717, 1.165) is 18.8 Å². The number of rotatable bonds is 5. The fourth-order valence-corrected chi connectivity index (χ4v) is 4.48. The summed E-state index contributed by atoms with van der Waals surface area (Å²) in [5, 5.41) is 1.18. The maximum Gasteiger partial charge on any atom is 0.345 e. The van der Waals surface area contributed by atoms with E-state index in [-0.39, 0.29) is 16.5 Å². The van der Waals surface area contributed by atoms with Gasteiger partial charge >= 0.3 is 5.63 Å². The maximum atomic E-state index is 12.8. The molecule has 0 unspecified atom stereocenters. The highest BCUT2D eigenvalue weighted by Crippen LogP contribution is 2.32. The zero-order valence-corrected chi connectivity index (χ0v) is 16.7. The van der Waals surface area contributed by atoms with E-state index in [2.05, 4.69) is 9.98 Å². The van der Waals surface area contributed by atoms with Gasteiger partial charge in [-0.1, -0.05) is 12.1 Å². The Hall–Kier alpha value is -3.04. The first-order valence-electron chi connectivity index (χ1n) is 9.17. The predicted molar refractivity (Wildman–Crippen MR) is 107 cm³/mol. The second-order valence-electron chi connectivity index (χ2n) is 6.58. The quantitative estimate of drug-likeness (QED) is 0.504. The van der Waals surface area contributed by atoms with Crippen LogP contribution in [0.2, 0.25) is 0 Å². The van der Waals surface area contributed by atoms with E-state index in [1.165, 1.54) is 6.07 Å². The molecular weight excluding hydrogens is 394 g/mol. The molecule has 0 fully saturated rings. The van der Waals surface area contributed by atoms with Crippen molar-refractivity contribution in [2.45, 2.75) is 24.9 Å². The van der Waals surface area contributed by atoms with Crippen molar-refractivity contribution in [3.05, 3.63) is 69.2 Å². The Morgan fingerprint density at radius 3 is 2.24 bits per heavy atom. The van der Waals surface area contributed by atoms with Gasteiger partial charge in [-0.25, -0.2) is 4.79 Å². The monoisotopic (exact) mass is 413 g/mol. The summed E-state index contributed by atoms with van der Waals surface area (Å²) < 4.78 is 39.9. The molecule has 0 atom stereocenters. The Morgan fingerprint density at radius 1 is 1.07 bits per heavy atom. The third-order valence-corrected chi connectivity index (χ3v) is 5.88. The smallest absolute Gasteiger partial charge is 0.345 e. The van der Waals surface area contributed by atoms with Crippen LogP contribution in [0, 0.1) is 0 Å². The fourth-order valence-electron chi connectivity index (χ4n) is 3.57. The van der Waals surface area contributed by atoms with Crippen LogP contribution in [0.15, 0.2) is 66.6 Å². The Bertz CT molecular complexity index is 1360. The molecule has 1 aromatic heterocycles. The van der Waals surface area contributed by atoms with Crippen molar-refractivity contribution in [3.8, 4) is 0 Å². The summed E-state index contributed by atoms with van der Waals surface area (Å²) in [6, 6.07) is 11.8. The van der Waals surface area contributed by atoms with Gasteiger partial charge in [-0.2, -0.15) is 8.42 Å². The summed E-state index contributed by atoms with van der Waals surface area (Å²) in [5.74, 6) is 0. The van der Waals surface area contributed by atoms with Gasteiger partial charge in [0.2, 0.25) is 0 Å². The molecule has 0 spiro atoms. The topological polar surface area (TPSA) is 113 Å². The number of benzene rings is 2. The molecule has 2 aromatic carbocycles. The summed E-state index contributed by atoms with van der Waals surface area (Å²) in [4.78, 5) is 22.9. The minimum Gasteiger partial charge on any atom is -0.422 e. The van der Waals surface area contributed by atoms with Crippen molar-refractivity contribution in [3.63, 3.8) is 0 Å². The van der Waals surface area contributed by atoms with Gasteiger partial charge in [-0.15, -0.1) is 0 Å². The average Bonchev–Trinajstić information content (AvgIpc) is 3.10. The summed E-state index contributed by atoms with van der Waals surface area (Å²) in [7, 11) is -4.75. The minimum atomic E-state index is -4.75. The van der Waals surface area contributed by atoms with E-state index >= 15 is 0 Å². The molecule has 0 amide bonds. The molecule has 0 saturated carbocycles. The highest BCUT2D eigenvalue weighted by Gasteiger charge is 2.30. The lowest BCUT2D eigenvalue weighted by molar-refractivity contribution is 0.475. The first-order valence-corrected chi connectivity index (χ1v) is 10.6. The van der Waals surface area contributed by atoms with Crippen LogP contribution in [0.25, 0.3) is 11.0 Å². The van der Waals surface area contributed by atoms with Crippen LogP contribution >= 0.6 is 0 Å².